The van der Waals surface area contributed by atoms with Crippen molar-refractivity contribution in [2.24, 2.45) is 41.4 Å². The first-order valence-electron chi connectivity index (χ1n) is 28.4. The molecule has 12 unspecified atom stereocenters. The topological polar surface area (TPSA) is 0 Å². The van der Waals surface area contributed by atoms with Gasteiger partial charge in [-0.15, -0.1) is 0 Å². The van der Waals surface area contributed by atoms with Gasteiger partial charge in [0, 0.05) is 21.4 Å². The SMILES string of the molecule is CCCCCCCCCp1c2c(p1-c1ccccc1C)C(C1C(CCCCC)CC3C=CC=CC31)=CC1CC(CCCCCC)C3P(c4ccccc4C)P(CCCCCCCC(C)C)C213. The minimum absolute atomic E-state index is 0.127. The second kappa shape index (κ2) is 24.8. The summed E-state index contributed by atoms with van der Waals surface area (Å²) in [7, 11) is -0.783. The molecule has 0 amide bonds. The molecule has 3 aromatic rings. The highest BCUT2D eigenvalue weighted by Crippen LogP contribution is 3.01. The summed E-state index contributed by atoms with van der Waals surface area (Å²) in [6.07, 6.45) is 50.8. The molecule has 66 heavy (non-hydrogen) atoms. The molecule has 3 fully saturated rings. The Hall–Kier alpha value is -1.14. The lowest BCUT2D eigenvalue weighted by molar-refractivity contribution is 0.386. The van der Waals surface area contributed by atoms with E-state index in [9.17, 15) is 0 Å². The number of hydrogen-bond donors (Lipinski definition) is 0. The monoisotopic (exact) mass is 963 g/mol. The molecule has 0 bridgehead atoms. The summed E-state index contributed by atoms with van der Waals surface area (Å²) >= 11 is 0. The summed E-state index contributed by atoms with van der Waals surface area (Å²) in [5.41, 5.74) is 6.08. The van der Waals surface area contributed by atoms with Crippen molar-refractivity contribution >= 4 is 40.5 Å². The van der Waals surface area contributed by atoms with Crippen LogP contribution >= 0.6 is 29.6 Å². The van der Waals surface area contributed by atoms with Crippen molar-refractivity contribution < 1.29 is 0 Å². The van der Waals surface area contributed by atoms with Gasteiger partial charge in [0.15, 0.2) is 0 Å². The maximum atomic E-state index is 3.20. The van der Waals surface area contributed by atoms with Crippen LogP contribution in [0.3, 0.4) is 0 Å². The number of rotatable bonds is 28. The molecule has 12 atom stereocenters. The first-order valence-corrected chi connectivity index (χ1v) is 35.7. The molecule has 1 spiro atoms. The second-order valence-corrected chi connectivity index (χ2v) is 35.0. The van der Waals surface area contributed by atoms with E-state index in [1.807, 2.05) is 10.9 Å². The van der Waals surface area contributed by atoms with Crippen LogP contribution < -0.4 is 5.30 Å². The highest BCUT2D eigenvalue weighted by Gasteiger charge is 2.73. The zero-order valence-corrected chi connectivity index (χ0v) is 46.9. The van der Waals surface area contributed by atoms with Crippen molar-refractivity contribution in [3.05, 3.63) is 101 Å². The summed E-state index contributed by atoms with van der Waals surface area (Å²) in [5, 5.41) is 8.38. The minimum atomic E-state index is -0.321. The van der Waals surface area contributed by atoms with Crippen LogP contribution in [0, 0.1) is 55.3 Å². The fourth-order valence-corrected chi connectivity index (χ4v) is 37.8. The first kappa shape index (κ1) is 51.2. The quantitative estimate of drug-likeness (QED) is 0.0502. The smallest absolute Gasteiger partial charge is 0.0385 e. The fraction of sp³-hybridized carbons (Fsp3) is 0.677. The van der Waals surface area contributed by atoms with E-state index >= 15 is 0 Å². The van der Waals surface area contributed by atoms with E-state index in [1.165, 1.54) is 160 Å². The van der Waals surface area contributed by atoms with Gasteiger partial charge in [0.25, 0.3) is 0 Å². The Morgan fingerprint density at radius 1 is 0.606 bits per heavy atom. The highest BCUT2D eigenvalue weighted by atomic mass is 32.1. The third kappa shape index (κ3) is 10.7. The predicted octanol–water partition coefficient (Wildman–Crippen LogP) is 21.4. The van der Waals surface area contributed by atoms with Crippen molar-refractivity contribution in [1.82, 2.24) is 0 Å². The van der Waals surface area contributed by atoms with Gasteiger partial charge >= 0.3 is 0 Å². The number of unbranched alkanes of at least 4 members (excludes halogenated alkanes) is 15. The van der Waals surface area contributed by atoms with Crippen molar-refractivity contribution in [1.29, 1.82) is 0 Å². The van der Waals surface area contributed by atoms with Crippen LogP contribution in [0.4, 0.5) is 0 Å². The molecule has 0 N–H and O–H groups in total. The molecule has 4 heteroatoms. The van der Waals surface area contributed by atoms with Crippen LogP contribution in [0.2, 0.25) is 0 Å². The van der Waals surface area contributed by atoms with Gasteiger partial charge in [0.05, 0.1) is 0 Å². The van der Waals surface area contributed by atoms with Crippen LogP contribution in [-0.4, -0.2) is 11.8 Å². The highest BCUT2D eigenvalue weighted by molar-refractivity contribution is 8.37. The fourth-order valence-electron chi connectivity index (χ4n) is 14.3. The van der Waals surface area contributed by atoms with Gasteiger partial charge in [-0.1, -0.05) is 251 Å². The van der Waals surface area contributed by atoms with E-state index in [-0.39, 0.29) is 29.6 Å². The molecule has 1 aliphatic heterocycles. The van der Waals surface area contributed by atoms with Crippen LogP contribution in [0.1, 0.15) is 210 Å². The third-order valence-electron chi connectivity index (χ3n) is 17.5. The molecule has 4 aliphatic carbocycles. The Bertz CT molecular complexity index is 2060. The molecular weight excluding hydrogens is 869 g/mol. The Morgan fingerprint density at radius 3 is 1.88 bits per heavy atom. The Kier molecular flexibility index (Phi) is 19.3. The van der Waals surface area contributed by atoms with E-state index < -0.39 is 0 Å². The number of allylic oxidation sites excluding steroid dienone is 6. The minimum Gasteiger partial charge on any atom is -0.0940 e. The summed E-state index contributed by atoms with van der Waals surface area (Å²) in [6.45, 7) is 17.0. The maximum absolute atomic E-state index is 3.20. The van der Waals surface area contributed by atoms with Gasteiger partial charge in [-0.2, -0.15) is 0 Å². The van der Waals surface area contributed by atoms with Gasteiger partial charge in [-0.3, -0.25) is 0 Å². The molecule has 2 saturated carbocycles. The van der Waals surface area contributed by atoms with Crippen LogP contribution in [0.25, 0.3) is 10.9 Å². The van der Waals surface area contributed by atoms with E-state index in [0.717, 1.165) is 35.2 Å². The number of aryl methyl sites for hydroxylation is 2. The van der Waals surface area contributed by atoms with Gasteiger partial charge in [-0.25, -0.2) is 0 Å². The Labute approximate surface area is 411 Å². The molecule has 5 aliphatic rings. The lowest BCUT2D eigenvalue weighted by atomic mass is 9.73. The Morgan fingerprint density at radius 2 is 1.18 bits per heavy atom. The first-order chi connectivity index (χ1) is 32.4. The molecule has 1 saturated heterocycles. The van der Waals surface area contributed by atoms with Crippen molar-refractivity contribution in [2.75, 3.05) is 6.16 Å². The van der Waals surface area contributed by atoms with E-state index in [2.05, 4.69) is 138 Å². The molecular formula is C62H94P4. The van der Waals surface area contributed by atoms with Gasteiger partial charge in [0.2, 0.25) is 0 Å². The molecule has 1 aromatic heterocycles. The lowest BCUT2D eigenvalue weighted by Gasteiger charge is -2.66. The second-order valence-electron chi connectivity index (χ2n) is 22.6. The van der Waals surface area contributed by atoms with Crippen LogP contribution in [0.15, 0.2) is 78.9 Å². The van der Waals surface area contributed by atoms with Crippen LogP contribution in [0.5, 0.6) is 0 Å². The summed E-state index contributed by atoms with van der Waals surface area (Å²) in [5.74, 6) is 5.45. The lowest BCUT2D eigenvalue weighted by Crippen LogP contribution is -2.51. The largest absolute Gasteiger partial charge is 0.0940 e. The number of hydrogen-bond acceptors (Lipinski definition) is 0. The Balaban J connectivity index is 1.28. The molecule has 2 aromatic carbocycles. The maximum Gasteiger partial charge on any atom is 0.0385 e. The van der Waals surface area contributed by atoms with E-state index in [0.29, 0.717) is 17.0 Å². The average Bonchev–Trinajstić information content (AvgIpc) is 3.80. The van der Waals surface area contributed by atoms with Crippen molar-refractivity contribution in [3.8, 4) is 5.30 Å². The molecule has 8 rings (SSSR count). The molecule has 0 radical (unpaired) electrons. The van der Waals surface area contributed by atoms with Gasteiger partial charge in [0.1, 0.15) is 0 Å². The standard InChI is InChI=1S/C62H94P4/c1-8-11-14-16-17-20-31-42-63-61-59(65(63)56-40-29-25-34-48(56)6)55(58-51(37-22-13-10-3)44-50-36-27-28-39-54(50)58)46-53-45-52(38-24-15-12-9-2)60-62(53,61)64(43-32-21-18-19-23-33-47(4)5)66(60)57-41-30-26-35-49(57)7/h25-30,34-36,39-41,46-47,50-54,58,60H,8-24,31-33,37-38,42-45H2,1-7H3. The summed E-state index contributed by atoms with van der Waals surface area (Å²) in [4.78, 5) is 0. The van der Waals surface area contributed by atoms with E-state index in [1.54, 1.807) is 22.6 Å². The van der Waals surface area contributed by atoms with Gasteiger partial charge in [-0.05, 0) is 141 Å². The summed E-state index contributed by atoms with van der Waals surface area (Å²) < 4.78 is 0. The van der Waals surface area contributed by atoms with Gasteiger partial charge < -0.3 is 0 Å². The summed E-state index contributed by atoms with van der Waals surface area (Å²) in [6, 6.07) is 19.9. The molecule has 0 nitrogen and oxygen atoms in total. The normalized spacial score (nSPS) is 28.9. The average molecular weight is 963 g/mol. The van der Waals surface area contributed by atoms with Crippen LogP contribution in [-0.2, 0) is 11.3 Å². The van der Waals surface area contributed by atoms with Crippen molar-refractivity contribution in [2.45, 2.75) is 220 Å². The number of fused-ring (bicyclic) bond motifs is 2. The zero-order valence-electron chi connectivity index (χ0n) is 43.3. The van der Waals surface area contributed by atoms with E-state index in [4.69, 9.17) is 0 Å². The molecule has 362 valence electrons. The third-order valence-corrected chi connectivity index (χ3v) is 36.0. The van der Waals surface area contributed by atoms with Crippen molar-refractivity contribution in [3.63, 3.8) is 0 Å². The molecule has 2 heterocycles. The zero-order chi connectivity index (χ0) is 46.0. The number of benzene rings is 2. The predicted molar refractivity (Wildman–Crippen MR) is 303 cm³/mol.